The largest absolute Gasteiger partial charge is 0.478 e. The second kappa shape index (κ2) is 6.33. The van der Waals surface area contributed by atoms with E-state index in [4.69, 9.17) is 9.16 Å². The van der Waals surface area contributed by atoms with E-state index in [0.717, 1.165) is 5.56 Å². The first-order valence-electron chi connectivity index (χ1n) is 8.15. The smallest absolute Gasteiger partial charge is 0.351 e. The number of esters is 1. The van der Waals surface area contributed by atoms with Crippen LogP contribution in [-0.4, -0.2) is 37.1 Å². The Bertz CT molecular complexity index is 620. The summed E-state index contributed by atoms with van der Waals surface area (Å²) in [7, 11) is -2.25. The van der Waals surface area contributed by atoms with E-state index in [9.17, 15) is 14.7 Å². The number of hydrogen-bond acceptors (Lipinski definition) is 4. The Kier molecular flexibility index (Phi) is 4.93. The number of rotatable bonds is 5. The molecule has 1 aromatic rings. The van der Waals surface area contributed by atoms with Crippen molar-refractivity contribution in [3.8, 4) is 0 Å². The van der Waals surface area contributed by atoms with Crippen LogP contribution in [0.5, 0.6) is 0 Å². The lowest BCUT2D eigenvalue weighted by Crippen LogP contribution is -2.55. The maximum Gasteiger partial charge on any atom is 0.351 e. The van der Waals surface area contributed by atoms with E-state index in [1.807, 2.05) is 43.4 Å². The predicted octanol–water partition coefficient (Wildman–Crippen LogP) is 3.39. The van der Waals surface area contributed by atoms with Crippen molar-refractivity contribution in [1.82, 2.24) is 0 Å². The van der Waals surface area contributed by atoms with Gasteiger partial charge in [-0.2, -0.15) is 0 Å². The summed E-state index contributed by atoms with van der Waals surface area (Å²) < 4.78 is 11.6. The fourth-order valence-electron chi connectivity index (χ4n) is 2.60. The molecule has 0 saturated carbocycles. The Balaban J connectivity index is 2.37. The summed E-state index contributed by atoms with van der Waals surface area (Å²) in [6.45, 7) is 10.3. The highest BCUT2D eigenvalue weighted by Crippen LogP contribution is 2.42. The third-order valence-electron chi connectivity index (χ3n) is 5.08. The molecule has 0 aromatic heterocycles. The summed E-state index contributed by atoms with van der Waals surface area (Å²) in [5, 5.41) is 9.78. The summed E-state index contributed by atoms with van der Waals surface area (Å²) in [5.41, 5.74) is -0.855. The number of hydrogen-bond donors (Lipinski definition) is 1. The van der Waals surface area contributed by atoms with E-state index in [1.165, 1.54) is 0 Å². The Hall–Kier alpha value is -1.66. The van der Waals surface area contributed by atoms with Gasteiger partial charge in [-0.1, -0.05) is 51.1 Å². The monoisotopic (exact) mass is 350 g/mol. The second-order valence-electron chi connectivity index (χ2n) is 7.90. The molecule has 1 N–H and O–H groups in total. The predicted molar refractivity (Wildman–Crippen MR) is 93.3 cm³/mol. The summed E-state index contributed by atoms with van der Waals surface area (Å²) in [6, 6.07) is 9.21. The van der Waals surface area contributed by atoms with E-state index in [-0.39, 0.29) is 17.9 Å². The average molecular weight is 350 g/mol. The number of carbonyl (C=O) groups excluding carboxylic acids is 1. The average Bonchev–Trinajstić information content (AvgIpc) is 2.75. The molecule has 0 amide bonds. The van der Waals surface area contributed by atoms with E-state index in [2.05, 4.69) is 20.8 Å². The minimum absolute atomic E-state index is 0.0222. The maximum absolute atomic E-state index is 12.1. The molecule has 2 rings (SSSR count). The molecule has 0 bridgehead atoms. The fraction of sp³-hybridized carbons (Fsp3) is 0.556. The Morgan fingerprint density at radius 3 is 2.42 bits per heavy atom. The van der Waals surface area contributed by atoms with Crippen LogP contribution in [0.25, 0.3) is 0 Å². The second-order valence-corrected chi connectivity index (χ2v) is 12.7. The Labute approximate surface area is 144 Å². The molecule has 2 atom stereocenters. The number of aliphatic carboxylic acids is 1. The first-order chi connectivity index (χ1) is 11.0. The van der Waals surface area contributed by atoms with Crippen LogP contribution in [0, 0.1) is 0 Å². The number of cyclic esters (lactones) is 1. The van der Waals surface area contributed by atoms with Crippen LogP contribution in [0.3, 0.4) is 0 Å². The van der Waals surface area contributed by atoms with Gasteiger partial charge in [0.15, 0.2) is 8.32 Å². The number of benzene rings is 1. The fourth-order valence-corrected chi connectivity index (χ4v) is 3.94. The first-order valence-corrected chi connectivity index (χ1v) is 11.1. The van der Waals surface area contributed by atoms with Gasteiger partial charge >= 0.3 is 11.9 Å². The Morgan fingerprint density at radius 1 is 1.33 bits per heavy atom. The quantitative estimate of drug-likeness (QED) is 0.651. The summed E-state index contributed by atoms with van der Waals surface area (Å²) in [6.07, 6.45) is -0.691. The lowest BCUT2D eigenvalue weighted by atomic mass is 9.89. The molecule has 0 spiro atoms. The van der Waals surface area contributed by atoms with Crippen molar-refractivity contribution in [2.75, 3.05) is 0 Å². The number of carboxylic acid groups (broad SMARTS) is 1. The number of carboxylic acids is 1. The van der Waals surface area contributed by atoms with Gasteiger partial charge in [-0.25, -0.2) is 4.79 Å². The molecule has 0 radical (unpaired) electrons. The van der Waals surface area contributed by atoms with E-state index in [0.29, 0.717) is 0 Å². The third kappa shape index (κ3) is 3.54. The van der Waals surface area contributed by atoms with Gasteiger partial charge < -0.3 is 14.3 Å². The van der Waals surface area contributed by atoms with Crippen LogP contribution in [-0.2, 0) is 25.2 Å². The molecule has 5 nitrogen and oxygen atoms in total. The molecule has 1 saturated heterocycles. The molecule has 1 aliphatic heterocycles. The van der Waals surface area contributed by atoms with Gasteiger partial charge in [0.1, 0.15) is 6.10 Å². The SMILES string of the molecule is CC(C)(C)[Si](C)(C)OC1CC(=O)OC1(Cc1ccccc1)C(=O)O. The van der Waals surface area contributed by atoms with Crippen LogP contribution in [0.4, 0.5) is 0 Å². The molecular formula is C18H26O5Si. The summed E-state index contributed by atoms with van der Waals surface area (Å²) in [5.74, 6) is -1.67. The van der Waals surface area contributed by atoms with Crippen LogP contribution in [0.15, 0.2) is 30.3 Å². The zero-order valence-electron chi connectivity index (χ0n) is 15.0. The van der Waals surface area contributed by atoms with E-state index >= 15 is 0 Å². The zero-order valence-corrected chi connectivity index (χ0v) is 16.0. The summed E-state index contributed by atoms with van der Waals surface area (Å²) >= 11 is 0. The van der Waals surface area contributed by atoms with E-state index < -0.39 is 32.0 Å². The van der Waals surface area contributed by atoms with Gasteiger partial charge in [-0.05, 0) is 23.7 Å². The Morgan fingerprint density at radius 2 is 1.92 bits per heavy atom. The zero-order chi connectivity index (χ0) is 18.2. The molecule has 24 heavy (non-hydrogen) atoms. The van der Waals surface area contributed by atoms with Crippen LogP contribution >= 0.6 is 0 Å². The highest BCUT2D eigenvalue weighted by Gasteiger charge is 2.58. The molecule has 1 aromatic carbocycles. The molecule has 2 unspecified atom stereocenters. The molecule has 0 aliphatic carbocycles. The van der Waals surface area contributed by atoms with Crippen molar-refractivity contribution in [3.05, 3.63) is 35.9 Å². The van der Waals surface area contributed by atoms with Gasteiger partial charge in [-0.15, -0.1) is 0 Å². The molecule has 6 heteroatoms. The van der Waals surface area contributed by atoms with Crippen molar-refractivity contribution in [2.45, 2.75) is 63.5 Å². The first kappa shape index (κ1) is 18.7. The van der Waals surface area contributed by atoms with Gasteiger partial charge in [-0.3, -0.25) is 4.79 Å². The van der Waals surface area contributed by atoms with Gasteiger partial charge in [0.2, 0.25) is 5.60 Å². The van der Waals surface area contributed by atoms with Crippen LogP contribution in [0.1, 0.15) is 32.8 Å². The van der Waals surface area contributed by atoms with Crippen molar-refractivity contribution >= 4 is 20.3 Å². The minimum atomic E-state index is -2.25. The minimum Gasteiger partial charge on any atom is -0.478 e. The molecular weight excluding hydrogens is 324 g/mol. The standard InChI is InChI=1S/C18H26O5Si/c1-17(2,3)24(4,5)23-14-11-15(19)22-18(14,16(20)21)12-13-9-7-6-8-10-13/h6-10,14H,11-12H2,1-5H3,(H,20,21). The molecule has 132 valence electrons. The molecule has 1 fully saturated rings. The van der Waals surface area contributed by atoms with Crippen molar-refractivity contribution in [2.24, 2.45) is 0 Å². The highest BCUT2D eigenvalue weighted by molar-refractivity contribution is 6.74. The third-order valence-corrected chi connectivity index (χ3v) is 9.57. The van der Waals surface area contributed by atoms with E-state index in [1.54, 1.807) is 0 Å². The topological polar surface area (TPSA) is 72.8 Å². The maximum atomic E-state index is 12.1. The van der Waals surface area contributed by atoms with Crippen molar-refractivity contribution in [1.29, 1.82) is 0 Å². The lowest BCUT2D eigenvalue weighted by Gasteiger charge is -2.41. The highest BCUT2D eigenvalue weighted by atomic mass is 28.4. The number of carbonyl (C=O) groups is 2. The molecule has 1 aliphatic rings. The number of ether oxygens (including phenoxy) is 1. The van der Waals surface area contributed by atoms with Crippen LogP contribution < -0.4 is 0 Å². The molecule has 1 heterocycles. The lowest BCUT2D eigenvalue weighted by molar-refractivity contribution is -0.175. The van der Waals surface area contributed by atoms with Gasteiger partial charge in [0.25, 0.3) is 0 Å². The summed E-state index contributed by atoms with van der Waals surface area (Å²) in [4.78, 5) is 24.0. The normalized spacial score (nSPS) is 24.7. The van der Waals surface area contributed by atoms with Crippen LogP contribution in [0.2, 0.25) is 18.1 Å². The van der Waals surface area contributed by atoms with Crippen molar-refractivity contribution < 1.29 is 23.9 Å². The van der Waals surface area contributed by atoms with Crippen molar-refractivity contribution in [3.63, 3.8) is 0 Å². The van der Waals surface area contributed by atoms with Gasteiger partial charge in [0, 0.05) is 6.42 Å². The van der Waals surface area contributed by atoms with Gasteiger partial charge in [0.05, 0.1) is 6.42 Å².